The minimum atomic E-state index is -0.152. The molecule has 2 rings (SSSR count). The summed E-state index contributed by atoms with van der Waals surface area (Å²) in [7, 11) is 0. The summed E-state index contributed by atoms with van der Waals surface area (Å²) in [5.74, 6) is 0. The Kier molecular flexibility index (Phi) is 5.19. The third kappa shape index (κ3) is 3.13. The molecular weight excluding hydrogens is 395 g/mol. The topological polar surface area (TPSA) is 0 Å². The van der Waals surface area contributed by atoms with Gasteiger partial charge in [0, 0.05) is 13.8 Å². The minimum Gasteiger partial charge on any atom is -0.129 e. The Hall–Kier alpha value is 0.0400. The zero-order chi connectivity index (χ0) is 13.1. The fourth-order valence-corrected chi connectivity index (χ4v) is 3.81. The molecule has 4 heteroatoms. The lowest BCUT2D eigenvalue weighted by Crippen LogP contribution is -1.96. The highest BCUT2D eigenvalue weighted by Crippen LogP contribution is 2.38. The SMILES string of the molecule is CSc1ccccc1C(Cl)c1cc(Br)ccc1Br. The second-order valence-electron chi connectivity index (χ2n) is 3.77. The third-order valence-corrected chi connectivity index (χ3v) is 5.14. The van der Waals surface area contributed by atoms with Gasteiger partial charge in [-0.25, -0.2) is 0 Å². The van der Waals surface area contributed by atoms with Crippen LogP contribution in [0.15, 0.2) is 56.3 Å². The average molecular weight is 407 g/mol. The Balaban J connectivity index is 2.47. The molecule has 1 atom stereocenters. The summed E-state index contributed by atoms with van der Waals surface area (Å²) in [5, 5.41) is -0.152. The first-order valence-corrected chi connectivity index (χ1v) is 8.60. The Bertz CT molecular complexity index is 557. The molecule has 0 spiro atoms. The molecule has 1 unspecified atom stereocenters. The number of benzene rings is 2. The van der Waals surface area contributed by atoms with Gasteiger partial charge in [0.2, 0.25) is 0 Å². The van der Waals surface area contributed by atoms with Crippen LogP contribution in [0.3, 0.4) is 0 Å². The van der Waals surface area contributed by atoms with Crippen molar-refractivity contribution in [2.24, 2.45) is 0 Å². The van der Waals surface area contributed by atoms with E-state index in [1.165, 1.54) is 4.90 Å². The second kappa shape index (κ2) is 6.47. The molecule has 18 heavy (non-hydrogen) atoms. The van der Waals surface area contributed by atoms with Gasteiger partial charge in [-0.15, -0.1) is 23.4 Å². The summed E-state index contributed by atoms with van der Waals surface area (Å²) >= 11 is 15.4. The smallest absolute Gasteiger partial charge is 0.0857 e. The largest absolute Gasteiger partial charge is 0.129 e. The molecule has 0 nitrogen and oxygen atoms in total. The lowest BCUT2D eigenvalue weighted by Gasteiger charge is -2.15. The summed E-state index contributed by atoms with van der Waals surface area (Å²) < 4.78 is 2.06. The molecule has 0 saturated carbocycles. The molecule has 0 amide bonds. The molecule has 2 aromatic carbocycles. The van der Waals surface area contributed by atoms with Gasteiger partial charge in [-0.3, -0.25) is 0 Å². The number of thioether (sulfide) groups is 1. The zero-order valence-corrected chi connectivity index (χ0v) is 14.4. The maximum Gasteiger partial charge on any atom is 0.0857 e. The number of alkyl halides is 1. The minimum absolute atomic E-state index is 0.152. The van der Waals surface area contributed by atoms with Gasteiger partial charge in [0.15, 0.2) is 0 Å². The third-order valence-electron chi connectivity index (χ3n) is 2.64. The number of hydrogen-bond donors (Lipinski definition) is 0. The number of hydrogen-bond acceptors (Lipinski definition) is 1. The van der Waals surface area contributed by atoms with Crippen LogP contribution in [0.2, 0.25) is 0 Å². The van der Waals surface area contributed by atoms with E-state index in [1.54, 1.807) is 11.8 Å². The molecule has 0 saturated heterocycles. The molecule has 0 N–H and O–H groups in total. The molecule has 0 heterocycles. The first-order valence-electron chi connectivity index (χ1n) is 5.35. The maximum absolute atomic E-state index is 6.63. The van der Waals surface area contributed by atoms with E-state index in [-0.39, 0.29) is 5.38 Å². The van der Waals surface area contributed by atoms with E-state index in [0.29, 0.717) is 0 Å². The van der Waals surface area contributed by atoms with Gasteiger partial charge in [0.05, 0.1) is 5.38 Å². The molecule has 0 aliphatic carbocycles. The number of halogens is 3. The van der Waals surface area contributed by atoms with Crippen molar-refractivity contribution in [2.45, 2.75) is 10.3 Å². The van der Waals surface area contributed by atoms with Crippen LogP contribution in [0.25, 0.3) is 0 Å². The fraction of sp³-hybridized carbons (Fsp3) is 0.143. The van der Waals surface area contributed by atoms with Gasteiger partial charge in [-0.2, -0.15) is 0 Å². The highest BCUT2D eigenvalue weighted by atomic mass is 79.9. The molecule has 0 aliphatic rings. The van der Waals surface area contributed by atoms with Gasteiger partial charge in [0.1, 0.15) is 0 Å². The molecule has 0 aliphatic heterocycles. The predicted molar refractivity (Wildman–Crippen MR) is 87.8 cm³/mol. The van der Waals surface area contributed by atoms with Crippen molar-refractivity contribution in [1.29, 1.82) is 0 Å². The van der Waals surface area contributed by atoms with E-state index in [4.69, 9.17) is 11.6 Å². The van der Waals surface area contributed by atoms with Gasteiger partial charge in [-0.05, 0) is 41.6 Å². The lowest BCUT2D eigenvalue weighted by atomic mass is 10.0. The Labute approximate surface area is 133 Å². The van der Waals surface area contributed by atoms with Crippen molar-refractivity contribution < 1.29 is 0 Å². The molecule has 0 bridgehead atoms. The summed E-state index contributed by atoms with van der Waals surface area (Å²) in [6.07, 6.45) is 2.07. The Morgan fingerprint density at radius 2 is 1.78 bits per heavy atom. The quantitative estimate of drug-likeness (QED) is 0.428. The van der Waals surface area contributed by atoms with Gasteiger partial charge < -0.3 is 0 Å². The zero-order valence-electron chi connectivity index (χ0n) is 9.66. The van der Waals surface area contributed by atoms with Crippen LogP contribution in [0.1, 0.15) is 16.5 Å². The molecule has 2 aromatic rings. The predicted octanol–water partition coefficient (Wildman–Crippen LogP) is 6.26. The fourth-order valence-electron chi connectivity index (χ4n) is 1.75. The van der Waals surface area contributed by atoms with Gasteiger partial charge >= 0.3 is 0 Å². The van der Waals surface area contributed by atoms with E-state index in [1.807, 2.05) is 24.3 Å². The van der Waals surface area contributed by atoms with E-state index in [2.05, 4.69) is 56.3 Å². The van der Waals surface area contributed by atoms with E-state index < -0.39 is 0 Å². The normalized spacial score (nSPS) is 12.4. The highest BCUT2D eigenvalue weighted by Gasteiger charge is 2.17. The van der Waals surface area contributed by atoms with Crippen molar-refractivity contribution in [3.8, 4) is 0 Å². The Morgan fingerprint density at radius 3 is 2.50 bits per heavy atom. The van der Waals surface area contributed by atoms with Crippen molar-refractivity contribution in [3.63, 3.8) is 0 Å². The summed E-state index contributed by atoms with van der Waals surface area (Å²) in [5.41, 5.74) is 2.22. The monoisotopic (exact) mass is 404 g/mol. The van der Waals surface area contributed by atoms with Crippen LogP contribution in [0.4, 0.5) is 0 Å². The van der Waals surface area contributed by atoms with Gasteiger partial charge in [-0.1, -0.05) is 50.1 Å². The molecule has 0 fully saturated rings. The van der Waals surface area contributed by atoms with Crippen LogP contribution in [-0.4, -0.2) is 6.26 Å². The van der Waals surface area contributed by atoms with Crippen molar-refractivity contribution in [3.05, 3.63) is 62.5 Å². The van der Waals surface area contributed by atoms with Crippen LogP contribution in [0.5, 0.6) is 0 Å². The van der Waals surface area contributed by atoms with Crippen LogP contribution < -0.4 is 0 Å². The van der Waals surface area contributed by atoms with E-state index in [9.17, 15) is 0 Å². The summed E-state index contributed by atoms with van der Waals surface area (Å²) in [4.78, 5) is 1.21. The summed E-state index contributed by atoms with van der Waals surface area (Å²) in [6.45, 7) is 0. The highest BCUT2D eigenvalue weighted by molar-refractivity contribution is 9.11. The van der Waals surface area contributed by atoms with Crippen molar-refractivity contribution in [2.75, 3.05) is 6.26 Å². The molecule has 0 aromatic heterocycles. The Morgan fingerprint density at radius 1 is 1.06 bits per heavy atom. The van der Waals surface area contributed by atoms with Gasteiger partial charge in [0.25, 0.3) is 0 Å². The average Bonchev–Trinajstić information content (AvgIpc) is 2.40. The van der Waals surface area contributed by atoms with Crippen molar-refractivity contribution in [1.82, 2.24) is 0 Å². The van der Waals surface area contributed by atoms with Crippen LogP contribution in [-0.2, 0) is 0 Å². The van der Waals surface area contributed by atoms with Crippen LogP contribution in [0, 0.1) is 0 Å². The summed E-state index contributed by atoms with van der Waals surface area (Å²) in [6, 6.07) is 14.3. The van der Waals surface area contributed by atoms with Crippen LogP contribution >= 0.6 is 55.2 Å². The first-order chi connectivity index (χ1) is 8.63. The van der Waals surface area contributed by atoms with E-state index >= 15 is 0 Å². The second-order valence-corrected chi connectivity index (χ2v) is 6.82. The molecular formula is C14H11Br2ClS. The lowest BCUT2D eigenvalue weighted by molar-refractivity contribution is 1.07. The molecule has 0 radical (unpaired) electrons. The van der Waals surface area contributed by atoms with E-state index in [0.717, 1.165) is 20.1 Å². The van der Waals surface area contributed by atoms with Crippen molar-refractivity contribution >= 4 is 55.2 Å². The number of rotatable bonds is 3. The first kappa shape index (κ1) is 14.4. The molecule has 94 valence electrons. The maximum atomic E-state index is 6.63. The standard InChI is InChI=1S/C14H11Br2ClS/c1-18-13-5-3-2-4-10(13)14(17)11-8-9(15)6-7-12(11)16/h2-8,14H,1H3.